The second-order valence-corrected chi connectivity index (χ2v) is 10.0. The number of carbonyl (C=O) groups excluding carboxylic acids is 1. The van der Waals surface area contributed by atoms with Gasteiger partial charge in [0.15, 0.2) is 0 Å². The second-order valence-electron chi connectivity index (χ2n) is 10.0. The number of para-hydroxylation sites is 1. The van der Waals surface area contributed by atoms with Crippen LogP contribution in [0.15, 0.2) is 77.7 Å². The Kier molecular flexibility index (Phi) is 7.31. The van der Waals surface area contributed by atoms with Gasteiger partial charge in [-0.15, -0.1) is 0 Å². The summed E-state index contributed by atoms with van der Waals surface area (Å²) in [5.74, 6) is 0.476. The van der Waals surface area contributed by atoms with Gasteiger partial charge in [-0.05, 0) is 54.5 Å². The number of nitrogens with zero attached hydrogens (tertiary/aromatic N) is 3. The molecule has 2 aromatic heterocycles. The SMILES string of the molecule is CC1(C)CC(O)Cc2ccccc21.Cc1c(-c2ccn(C)c(=O)c2)nn(-c2ccccc2)c1NC(N)=O. The molecule has 2 amide bonds. The topological polar surface area (TPSA) is 115 Å². The van der Waals surface area contributed by atoms with Crippen molar-refractivity contribution in [1.82, 2.24) is 14.3 Å². The predicted octanol–water partition coefficient (Wildman–Crippen LogP) is 4.31. The summed E-state index contributed by atoms with van der Waals surface area (Å²) in [6, 6.07) is 20.5. The lowest BCUT2D eigenvalue weighted by atomic mass is 9.72. The van der Waals surface area contributed by atoms with E-state index in [0.717, 1.165) is 24.1 Å². The molecule has 0 radical (unpaired) electrons. The number of aliphatic hydroxyl groups is 1. The molecule has 5 rings (SSSR count). The van der Waals surface area contributed by atoms with Gasteiger partial charge >= 0.3 is 6.03 Å². The van der Waals surface area contributed by atoms with Gasteiger partial charge in [-0.2, -0.15) is 5.10 Å². The Morgan fingerprint density at radius 3 is 2.46 bits per heavy atom. The Balaban J connectivity index is 0.000000207. The van der Waals surface area contributed by atoms with Gasteiger partial charge in [-0.3, -0.25) is 10.1 Å². The van der Waals surface area contributed by atoms with E-state index in [9.17, 15) is 14.7 Å². The molecular formula is C29H33N5O3. The minimum absolute atomic E-state index is 0.133. The van der Waals surface area contributed by atoms with E-state index in [1.165, 1.54) is 21.8 Å². The second kappa shape index (κ2) is 10.4. The highest BCUT2D eigenvalue weighted by molar-refractivity contribution is 5.89. The predicted molar refractivity (Wildman–Crippen MR) is 146 cm³/mol. The van der Waals surface area contributed by atoms with Crippen LogP contribution in [-0.2, 0) is 18.9 Å². The average Bonchev–Trinajstić information content (AvgIpc) is 3.16. The molecule has 1 atom stereocenters. The number of rotatable bonds is 3. The number of hydrogen-bond acceptors (Lipinski definition) is 4. The minimum atomic E-state index is -0.675. The number of urea groups is 1. The molecular weight excluding hydrogens is 466 g/mol. The summed E-state index contributed by atoms with van der Waals surface area (Å²) >= 11 is 0. The van der Waals surface area contributed by atoms with Gasteiger partial charge in [-0.1, -0.05) is 56.3 Å². The van der Waals surface area contributed by atoms with Crippen LogP contribution >= 0.6 is 0 Å². The van der Waals surface area contributed by atoms with E-state index in [4.69, 9.17) is 5.73 Å². The van der Waals surface area contributed by atoms with Gasteiger partial charge in [0.2, 0.25) is 0 Å². The largest absolute Gasteiger partial charge is 0.393 e. The van der Waals surface area contributed by atoms with Crippen molar-refractivity contribution in [2.24, 2.45) is 12.8 Å². The average molecular weight is 500 g/mol. The number of aliphatic hydroxyl groups excluding tert-OH is 1. The number of anilines is 1. The normalized spacial score (nSPS) is 15.8. The maximum Gasteiger partial charge on any atom is 0.317 e. The molecule has 1 aliphatic rings. The number of hydrogen-bond donors (Lipinski definition) is 3. The van der Waals surface area contributed by atoms with Crippen LogP contribution in [0.25, 0.3) is 16.9 Å². The van der Waals surface area contributed by atoms with Gasteiger partial charge < -0.3 is 15.4 Å². The summed E-state index contributed by atoms with van der Waals surface area (Å²) in [5.41, 5.74) is 10.8. The van der Waals surface area contributed by atoms with Crippen LogP contribution < -0.4 is 16.6 Å². The molecule has 0 fully saturated rings. The monoisotopic (exact) mass is 499 g/mol. The summed E-state index contributed by atoms with van der Waals surface area (Å²) in [6.45, 7) is 6.23. The van der Waals surface area contributed by atoms with Crippen molar-refractivity contribution in [2.45, 2.75) is 45.1 Å². The summed E-state index contributed by atoms with van der Waals surface area (Å²) in [4.78, 5) is 23.3. The molecule has 4 aromatic rings. The van der Waals surface area contributed by atoms with E-state index in [1.54, 1.807) is 24.0 Å². The standard InChI is InChI=1S/C17H17N5O2.C12H16O/c1-11-15(12-8-9-21(2)14(23)10-12)20-22(16(11)19-17(18)24)13-6-4-3-5-7-13;1-12(2)8-10(13)7-9-5-3-4-6-11(9)12/h3-10H,1-2H3,(H3,18,19,24);3-6,10,13H,7-8H2,1-2H3. The third-order valence-electron chi connectivity index (χ3n) is 6.69. The fourth-order valence-corrected chi connectivity index (χ4v) is 4.87. The molecule has 192 valence electrons. The lowest BCUT2D eigenvalue weighted by molar-refractivity contribution is 0.128. The zero-order valence-electron chi connectivity index (χ0n) is 21.6. The maximum absolute atomic E-state index is 11.9. The number of nitrogens with two attached hydrogens (primary N) is 1. The first-order valence-corrected chi connectivity index (χ1v) is 12.2. The molecule has 8 nitrogen and oxygen atoms in total. The molecule has 4 N–H and O–H groups in total. The fraction of sp³-hybridized carbons (Fsp3) is 0.276. The Bertz CT molecular complexity index is 1470. The molecule has 0 spiro atoms. The number of amides is 2. The van der Waals surface area contributed by atoms with Crippen molar-refractivity contribution in [3.05, 3.63) is 100.0 Å². The third-order valence-corrected chi connectivity index (χ3v) is 6.69. The zero-order valence-corrected chi connectivity index (χ0v) is 21.6. The lowest BCUT2D eigenvalue weighted by Gasteiger charge is -2.35. The van der Waals surface area contributed by atoms with Crippen molar-refractivity contribution in [1.29, 1.82) is 0 Å². The van der Waals surface area contributed by atoms with E-state index < -0.39 is 6.03 Å². The van der Waals surface area contributed by atoms with E-state index in [1.807, 2.05) is 43.3 Å². The number of primary amides is 1. The van der Waals surface area contributed by atoms with Crippen LogP contribution in [0.1, 0.15) is 37.0 Å². The zero-order chi connectivity index (χ0) is 26.7. The fourth-order valence-electron chi connectivity index (χ4n) is 4.87. The highest BCUT2D eigenvalue weighted by Gasteiger charge is 2.31. The number of benzene rings is 2. The molecule has 0 saturated carbocycles. The van der Waals surface area contributed by atoms with Crippen molar-refractivity contribution in [3.8, 4) is 16.9 Å². The summed E-state index contributed by atoms with van der Waals surface area (Å²) in [7, 11) is 1.68. The lowest BCUT2D eigenvalue weighted by Crippen LogP contribution is -2.32. The van der Waals surface area contributed by atoms with Crippen molar-refractivity contribution in [2.75, 3.05) is 5.32 Å². The van der Waals surface area contributed by atoms with E-state index in [-0.39, 0.29) is 17.1 Å². The quantitative estimate of drug-likeness (QED) is 0.390. The van der Waals surface area contributed by atoms with Gasteiger partial charge in [0, 0.05) is 30.4 Å². The number of aromatic nitrogens is 3. The molecule has 1 unspecified atom stereocenters. The first kappa shape index (κ1) is 25.9. The molecule has 1 aliphatic carbocycles. The van der Waals surface area contributed by atoms with Crippen LogP contribution in [0.2, 0.25) is 0 Å². The number of carbonyl (C=O) groups is 1. The minimum Gasteiger partial charge on any atom is -0.393 e. The molecule has 2 heterocycles. The smallest absolute Gasteiger partial charge is 0.317 e. The van der Waals surface area contributed by atoms with Crippen LogP contribution in [-0.4, -0.2) is 31.6 Å². The summed E-state index contributed by atoms with van der Waals surface area (Å²) in [6.07, 6.45) is 3.22. The van der Waals surface area contributed by atoms with Crippen molar-refractivity contribution >= 4 is 11.8 Å². The highest BCUT2D eigenvalue weighted by Crippen LogP contribution is 2.36. The van der Waals surface area contributed by atoms with Gasteiger partial charge in [-0.25, -0.2) is 9.48 Å². The first-order chi connectivity index (χ1) is 17.6. The Morgan fingerprint density at radius 1 is 1.11 bits per heavy atom. The van der Waals surface area contributed by atoms with Crippen LogP contribution in [0.3, 0.4) is 0 Å². The maximum atomic E-state index is 11.9. The van der Waals surface area contributed by atoms with E-state index in [0.29, 0.717) is 17.1 Å². The van der Waals surface area contributed by atoms with Crippen LogP contribution in [0.4, 0.5) is 10.6 Å². The Hall–Kier alpha value is -4.17. The number of aryl methyl sites for hydroxylation is 1. The molecule has 0 bridgehead atoms. The molecule has 2 aromatic carbocycles. The summed E-state index contributed by atoms with van der Waals surface area (Å²) < 4.78 is 3.09. The Morgan fingerprint density at radius 2 is 1.78 bits per heavy atom. The van der Waals surface area contributed by atoms with E-state index in [2.05, 4.69) is 42.5 Å². The van der Waals surface area contributed by atoms with Crippen LogP contribution in [0.5, 0.6) is 0 Å². The molecule has 0 aliphatic heterocycles. The van der Waals surface area contributed by atoms with Gasteiger partial charge in [0.25, 0.3) is 5.56 Å². The molecule has 8 heteroatoms. The van der Waals surface area contributed by atoms with E-state index >= 15 is 0 Å². The number of pyridine rings is 1. The van der Waals surface area contributed by atoms with Crippen molar-refractivity contribution in [3.63, 3.8) is 0 Å². The highest BCUT2D eigenvalue weighted by atomic mass is 16.3. The van der Waals surface area contributed by atoms with Crippen LogP contribution in [0, 0.1) is 6.92 Å². The van der Waals surface area contributed by atoms with Gasteiger partial charge in [0.05, 0.1) is 17.5 Å². The Labute approximate surface area is 216 Å². The molecule has 0 saturated heterocycles. The third kappa shape index (κ3) is 5.65. The summed E-state index contributed by atoms with van der Waals surface area (Å²) in [5, 5.41) is 16.9. The molecule has 37 heavy (non-hydrogen) atoms. The number of nitrogens with one attached hydrogen (secondary N) is 1. The first-order valence-electron chi connectivity index (χ1n) is 12.2. The number of fused-ring (bicyclic) bond motifs is 1. The van der Waals surface area contributed by atoms with Crippen molar-refractivity contribution < 1.29 is 9.90 Å². The van der Waals surface area contributed by atoms with Gasteiger partial charge in [0.1, 0.15) is 5.82 Å².